The largest absolute Gasteiger partial charge is 0.372 e. The van der Waals surface area contributed by atoms with Crippen LogP contribution in [0, 0.1) is 5.92 Å². The molecule has 2 atom stereocenters. The van der Waals surface area contributed by atoms with E-state index in [1.807, 2.05) is 0 Å². The minimum atomic E-state index is 0.274. The normalized spacial score (nSPS) is 27.6. The van der Waals surface area contributed by atoms with Crippen LogP contribution < -0.4 is 0 Å². The van der Waals surface area contributed by atoms with Gasteiger partial charge >= 0.3 is 0 Å². The van der Waals surface area contributed by atoms with Crippen LogP contribution in [0.25, 0.3) is 0 Å². The summed E-state index contributed by atoms with van der Waals surface area (Å²) in [5.41, 5.74) is 1.32. The number of rotatable bonds is 2. The van der Waals surface area contributed by atoms with Gasteiger partial charge in [0.05, 0.1) is 12.7 Å². The fourth-order valence-electron chi connectivity index (χ4n) is 2.41. The quantitative estimate of drug-likeness (QED) is 0.758. The molecule has 1 aliphatic rings. The Morgan fingerprint density at radius 3 is 2.75 bits per heavy atom. The Balaban J connectivity index is 2.17. The van der Waals surface area contributed by atoms with Crippen molar-refractivity contribution in [3.05, 3.63) is 35.9 Å². The van der Waals surface area contributed by atoms with Gasteiger partial charge in [-0.15, -0.1) is 0 Å². The highest BCUT2D eigenvalue weighted by atomic mass is 16.5. The average molecular weight is 219 g/mol. The summed E-state index contributed by atoms with van der Waals surface area (Å²) in [6.07, 6.45) is 1.44. The van der Waals surface area contributed by atoms with E-state index >= 15 is 0 Å². The first-order valence-corrected chi connectivity index (χ1v) is 6.16. The molecule has 2 heteroatoms. The van der Waals surface area contributed by atoms with Gasteiger partial charge in [0.25, 0.3) is 0 Å². The van der Waals surface area contributed by atoms with Crippen LogP contribution >= 0.6 is 0 Å². The average Bonchev–Trinajstić information content (AvgIpc) is 2.51. The zero-order valence-electron chi connectivity index (χ0n) is 10.2. The Labute approximate surface area is 98.2 Å². The molecule has 0 amide bonds. The van der Waals surface area contributed by atoms with Gasteiger partial charge in [-0.2, -0.15) is 0 Å². The molecule has 0 aliphatic carbocycles. The molecule has 16 heavy (non-hydrogen) atoms. The van der Waals surface area contributed by atoms with E-state index in [9.17, 15) is 0 Å². The number of hydrogen-bond donors (Lipinski definition) is 0. The van der Waals surface area contributed by atoms with Crippen molar-refractivity contribution < 1.29 is 4.74 Å². The molecule has 0 spiro atoms. The number of nitrogens with zero attached hydrogens (tertiary/aromatic N) is 1. The van der Waals surface area contributed by atoms with E-state index in [0.29, 0.717) is 5.92 Å². The zero-order valence-corrected chi connectivity index (χ0v) is 10.2. The Kier molecular flexibility index (Phi) is 3.97. The van der Waals surface area contributed by atoms with E-state index in [-0.39, 0.29) is 6.10 Å². The lowest BCUT2D eigenvalue weighted by molar-refractivity contribution is 0.0295. The molecule has 0 saturated carbocycles. The molecule has 88 valence electrons. The molecule has 1 fully saturated rings. The molecular weight excluding hydrogens is 198 g/mol. The van der Waals surface area contributed by atoms with Crippen LogP contribution in [-0.4, -0.2) is 31.6 Å². The Morgan fingerprint density at radius 1 is 1.31 bits per heavy atom. The van der Waals surface area contributed by atoms with E-state index < -0.39 is 0 Å². The molecule has 1 unspecified atom stereocenters. The van der Waals surface area contributed by atoms with E-state index in [1.165, 1.54) is 12.0 Å². The fraction of sp³-hybridized carbons (Fsp3) is 0.571. The molecule has 1 saturated heterocycles. The van der Waals surface area contributed by atoms with Crippen LogP contribution in [0.2, 0.25) is 0 Å². The lowest BCUT2D eigenvalue weighted by atomic mass is 9.93. The van der Waals surface area contributed by atoms with Gasteiger partial charge in [-0.3, -0.25) is 0 Å². The van der Waals surface area contributed by atoms with Crippen molar-refractivity contribution in [2.45, 2.75) is 19.4 Å². The van der Waals surface area contributed by atoms with Crippen LogP contribution in [0.1, 0.15) is 25.0 Å². The Hall–Kier alpha value is -0.860. The first-order chi connectivity index (χ1) is 7.81. The summed E-state index contributed by atoms with van der Waals surface area (Å²) in [4.78, 5) is 2.37. The van der Waals surface area contributed by atoms with Crippen LogP contribution in [0.5, 0.6) is 0 Å². The van der Waals surface area contributed by atoms with Gasteiger partial charge in [0.15, 0.2) is 0 Å². The van der Waals surface area contributed by atoms with Crippen LogP contribution in [0.15, 0.2) is 30.3 Å². The van der Waals surface area contributed by atoms with Crippen LogP contribution in [0.4, 0.5) is 0 Å². The maximum Gasteiger partial charge on any atom is 0.0865 e. The predicted molar refractivity (Wildman–Crippen MR) is 66.4 cm³/mol. The van der Waals surface area contributed by atoms with Crippen molar-refractivity contribution in [2.75, 3.05) is 26.7 Å². The molecule has 1 aliphatic heterocycles. The van der Waals surface area contributed by atoms with E-state index in [4.69, 9.17) is 4.74 Å². The molecule has 1 heterocycles. The number of ether oxygens (including phenoxy) is 1. The fourth-order valence-corrected chi connectivity index (χ4v) is 2.41. The maximum absolute atomic E-state index is 6.02. The highest BCUT2D eigenvalue weighted by molar-refractivity contribution is 5.18. The highest BCUT2D eigenvalue weighted by Gasteiger charge is 2.26. The maximum atomic E-state index is 6.02. The highest BCUT2D eigenvalue weighted by Crippen LogP contribution is 2.30. The van der Waals surface area contributed by atoms with Crippen molar-refractivity contribution in [2.24, 2.45) is 5.92 Å². The van der Waals surface area contributed by atoms with Crippen molar-refractivity contribution >= 4 is 0 Å². The number of benzene rings is 1. The third kappa shape index (κ3) is 2.63. The second-order valence-electron chi connectivity index (χ2n) is 4.63. The first-order valence-electron chi connectivity index (χ1n) is 6.16. The summed E-state index contributed by atoms with van der Waals surface area (Å²) in [5, 5.41) is 0. The summed E-state index contributed by atoms with van der Waals surface area (Å²) in [5.74, 6) is 0.606. The molecule has 0 bridgehead atoms. The second kappa shape index (κ2) is 5.46. The molecule has 0 aromatic heterocycles. The van der Waals surface area contributed by atoms with Gasteiger partial charge in [-0.05, 0) is 19.0 Å². The van der Waals surface area contributed by atoms with Crippen molar-refractivity contribution in [1.29, 1.82) is 0 Å². The standard InChI is InChI=1S/C14H21NO/c1-3-12-11-15(2)9-10-16-14(12)13-7-5-4-6-8-13/h4-8,12,14H,3,9-11H2,1-2H3/t12-,14?/m1/s1. The lowest BCUT2D eigenvalue weighted by Gasteiger charge is -2.25. The molecule has 2 nitrogen and oxygen atoms in total. The van der Waals surface area contributed by atoms with Gasteiger partial charge in [-0.25, -0.2) is 0 Å². The molecule has 1 aromatic rings. The predicted octanol–water partition coefficient (Wildman–Crippen LogP) is 2.72. The minimum Gasteiger partial charge on any atom is -0.372 e. The minimum absolute atomic E-state index is 0.274. The Morgan fingerprint density at radius 2 is 2.06 bits per heavy atom. The van der Waals surface area contributed by atoms with E-state index in [2.05, 4.69) is 49.2 Å². The summed E-state index contributed by atoms with van der Waals surface area (Å²) < 4.78 is 6.02. The lowest BCUT2D eigenvalue weighted by Crippen LogP contribution is -2.26. The van der Waals surface area contributed by atoms with Crippen LogP contribution in [-0.2, 0) is 4.74 Å². The SMILES string of the molecule is CC[C@@H]1CN(C)CCOC1c1ccccc1. The van der Waals surface area contributed by atoms with E-state index in [1.54, 1.807) is 0 Å². The third-order valence-corrected chi connectivity index (χ3v) is 3.40. The van der Waals surface area contributed by atoms with Gasteiger partial charge in [-0.1, -0.05) is 37.3 Å². The number of hydrogen-bond acceptors (Lipinski definition) is 2. The molecule has 2 rings (SSSR count). The zero-order chi connectivity index (χ0) is 11.4. The topological polar surface area (TPSA) is 12.5 Å². The second-order valence-corrected chi connectivity index (χ2v) is 4.63. The summed E-state index contributed by atoms with van der Waals surface area (Å²) in [6.45, 7) is 5.27. The van der Waals surface area contributed by atoms with Gasteiger partial charge in [0, 0.05) is 19.0 Å². The van der Waals surface area contributed by atoms with Gasteiger partial charge in [0.2, 0.25) is 0 Å². The third-order valence-electron chi connectivity index (χ3n) is 3.40. The van der Waals surface area contributed by atoms with Gasteiger partial charge in [0.1, 0.15) is 0 Å². The van der Waals surface area contributed by atoms with Gasteiger partial charge < -0.3 is 9.64 Å². The van der Waals surface area contributed by atoms with Crippen molar-refractivity contribution in [3.8, 4) is 0 Å². The summed E-state index contributed by atoms with van der Waals surface area (Å²) in [7, 11) is 2.18. The monoisotopic (exact) mass is 219 g/mol. The van der Waals surface area contributed by atoms with Crippen molar-refractivity contribution in [1.82, 2.24) is 4.90 Å². The molecule has 0 N–H and O–H groups in total. The molecule has 0 radical (unpaired) electrons. The molecule has 1 aromatic carbocycles. The van der Waals surface area contributed by atoms with E-state index in [0.717, 1.165) is 19.7 Å². The number of likely N-dealkylation sites (N-methyl/N-ethyl adjacent to an activating group) is 1. The first kappa shape index (κ1) is 11.6. The molecular formula is C14H21NO. The Bertz CT molecular complexity index is 312. The summed E-state index contributed by atoms with van der Waals surface area (Å²) >= 11 is 0. The summed E-state index contributed by atoms with van der Waals surface area (Å²) in [6, 6.07) is 10.6. The van der Waals surface area contributed by atoms with Crippen molar-refractivity contribution in [3.63, 3.8) is 0 Å². The van der Waals surface area contributed by atoms with Crippen LogP contribution in [0.3, 0.4) is 0 Å². The smallest absolute Gasteiger partial charge is 0.0865 e.